The lowest BCUT2D eigenvalue weighted by atomic mass is 10.0. The van der Waals surface area contributed by atoms with Crippen LogP contribution in [0.2, 0.25) is 0 Å². The SMILES string of the molecule is Cc1nc(NN)cc(C2CCCC2)n1. The molecular formula is C10H16N4. The van der Waals surface area contributed by atoms with Crippen LogP contribution in [-0.2, 0) is 0 Å². The van der Waals surface area contributed by atoms with E-state index in [4.69, 9.17) is 5.84 Å². The Bertz CT molecular complexity index is 318. The van der Waals surface area contributed by atoms with Gasteiger partial charge in [-0.3, -0.25) is 0 Å². The van der Waals surface area contributed by atoms with Gasteiger partial charge in [-0.1, -0.05) is 12.8 Å². The summed E-state index contributed by atoms with van der Waals surface area (Å²) in [6, 6.07) is 1.96. The summed E-state index contributed by atoms with van der Waals surface area (Å²) in [7, 11) is 0. The lowest BCUT2D eigenvalue weighted by Crippen LogP contribution is -2.11. The Labute approximate surface area is 83.9 Å². The van der Waals surface area contributed by atoms with Crippen LogP contribution in [0, 0.1) is 6.92 Å². The van der Waals surface area contributed by atoms with E-state index in [1.807, 2.05) is 13.0 Å². The first-order valence-electron chi connectivity index (χ1n) is 5.12. The van der Waals surface area contributed by atoms with Gasteiger partial charge in [0.25, 0.3) is 0 Å². The van der Waals surface area contributed by atoms with E-state index in [2.05, 4.69) is 15.4 Å². The minimum Gasteiger partial charge on any atom is -0.308 e. The van der Waals surface area contributed by atoms with Crippen LogP contribution in [0.15, 0.2) is 6.07 Å². The van der Waals surface area contributed by atoms with Gasteiger partial charge < -0.3 is 5.43 Å². The molecule has 4 heteroatoms. The highest BCUT2D eigenvalue weighted by atomic mass is 15.3. The van der Waals surface area contributed by atoms with Crippen molar-refractivity contribution < 1.29 is 0 Å². The Balaban J connectivity index is 2.27. The van der Waals surface area contributed by atoms with E-state index in [1.54, 1.807) is 0 Å². The molecule has 0 radical (unpaired) electrons. The van der Waals surface area contributed by atoms with Gasteiger partial charge >= 0.3 is 0 Å². The maximum absolute atomic E-state index is 5.35. The van der Waals surface area contributed by atoms with Crippen LogP contribution in [0.25, 0.3) is 0 Å². The fourth-order valence-corrected chi connectivity index (χ4v) is 2.10. The van der Waals surface area contributed by atoms with Gasteiger partial charge in [0.15, 0.2) is 0 Å². The molecule has 1 heterocycles. The predicted octanol–water partition coefficient (Wildman–Crippen LogP) is 1.73. The average molecular weight is 192 g/mol. The molecule has 1 saturated carbocycles. The van der Waals surface area contributed by atoms with Gasteiger partial charge in [-0.2, -0.15) is 0 Å². The number of aromatic nitrogens is 2. The topological polar surface area (TPSA) is 63.8 Å². The van der Waals surface area contributed by atoms with Crippen molar-refractivity contribution in [3.05, 3.63) is 17.6 Å². The summed E-state index contributed by atoms with van der Waals surface area (Å²) < 4.78 is 0. The van der Waals surface area contributed by atoms with Crippen LogP contribution in [-0.4, -0.2) is 9.97 Å². The van der Waals surface area contributed by atoms with Gasteiger partial charge in [0.2, 0.25) is 0 Å². The Morgan fingerprint density at radius 3 is 2.71 bits per heavy atom. The number of nitrogens with one attached hydrogen (secondary N) is 1. The van der Waals surface area contributed by atoms with E-state index in [1.165, 1.54) is 25.7 Å². The Hall–Kier alpha value is -1.16. The molecule has 0 aliphatic heterocycles. The molecule has 1 fully saturated rings. The monoisotopic (exact) mass is 192 g/mol. The summed E-state index contributed by atoms with van der Waals surface area (Å²) in [6.45, 7) is 1.90. The van der Waals surface area contributed by atoms with Gasteiger partial charge in [0.05, 0.1) is 0 Å². The molecular weight excluding hydrogens is 176 g/mol. The minimum absolute atomic E-state index is 0.615. The molecule has 4 nitrogen and oxygen atoms in total. The number of hydrogen-bond acceptors (Lipinski definition) is 4. The standard InChI is InChI=1S/C10H16N4/c1-7-12-9(6-10(13-7)14-11)8-4-2-3-5-8/h6,8H,2-5,11H2,1H3,(H,12,13,14). The normalized spacial score (nSPS) is 17.3. The van der Waals surface area contributed by atoms with Crippen LogP contribution in [0.3, 0.4) is 0 Å². The summed E-state index contributed by atoms with van der Waals surface area (Å²) in [5.41, 5.74) is 3.72. The van der Waals surface area contributed by atoms with E-state index >= 15 is 0 Å². The van der Waals surface area contributed by atoms with Crippen molar-refractivity contribution in [1.82, 2.24) is 9.97 Å². The van der Waals surface area contributed by atoms with E-state index in [-0.39, 0.29) is 0 Å². The third-order valence-electron chi connectivity index (χ3n) is 2.78. The average Bonchev–Trinajstić information content (AvgIpc) is 2.69. The first-order chi connectivity index (χ1) is 6.79. The third kappa shape index (κ3) is 1.85. The van der Waals surface area contributed by atoms with Crippen LogP contribution in [0.1, 0.15) is 43.1 Å². The van der Waals surface area contributed by atoms with Crippen molar-refractivity contribution in [2.75, 3.05) is 5.43 Å². The first kappa shape index (κ1) is 9.40. The number of nitrogens with zero attached hydrogens (tertiary/aromatic N) is 2. The summed E-state index contributed by atoms with van der Waals surface area (Å²) in [5.74, 6) is 7.48. The molecule has 0 unspecified atom stereocenters. The van der Waals surface area contributed by atoms with Crippen molar-refractivity contribution in [2.45, 2.75) is 38.5 Å². The molecule has 14 heavy (non-hydrogen) atoms. The molecule has 0 spiro atoms. The van der Waals surface area contributed by atoms with Crippen LogP contribution in [0.5, 0.6) is 0 Å². The molecule has 1 aromatic rings. The number of aryl methyl sites for hydroxylation is 1. The molecule has 0 aromatic carbocycles. The van der Waals surface area contributed by atoms with Gasteiger partial charge in [0, 0.05) is 17.7 Å². The molecule has 76 valence electrons. The van der Waals surface area contributed by atoms with E-state index in [0.29, 0.717) is 5.92 Å². The zero-order valence-electron chi connectivity index (χ0n) is 8.45. The lowest BCUT2D eigenvalue weighted by Gasteiger charge is -2.10. The summed E-state index contributed by atoms with van der Waals surface area (Å²) in [5, 5.41) is 0. The van der Waals surface area contributed by atoms with Crippen molar-refractivity contribution in [1.29, 1.82) is 0 Å². The number of nitrogen functional groups attached to an aromatic ring is 1. The maximum atomic E-state index is 5.35. The van der Waals surface area contributed by atoms with E-state index in [0.717, 1.165) is 17.3 Å². The number of hydrogen-bond donors (Lipinski definition) is 2. The number of hydrazine groups is 1. The molecule has 1 aliphatic rings. The van der Waals surface area contributed by atoms with Gasteiger partial charge in [-0.15, -0.1) is 0 Å². The number of anilines is 1. The molecule has 0 amide bonds. The minimum atomic E-state index is 0.615. The van der Waals surface area contributed by atoms with Gasteiger partial charge in [0.1, 0.15) is 11.6 Å². The second kappa shape index (κ2) is 3.92. The highest BCUT2D eigenvalue weighted by Crippen LogP contribution is 2.33. The fraction of sp³-hybridized carbons (Fsp3) is 0.600. The highest BCUT2D eigenvalue weighted by Gasteiger charge is 2.19. The molecule has 3 N–H and O–H groups in total. The maximum Gasteiger partial charge on any atom is 0.143 e. The second-order valence-electron chi connectivity index (χ2n) is 3.85. The van der Waals surface area contributed by atoms with Gasteiger partial charge in [-0.25, -0.2) is 15.8 Å². The Morgan fingerprint density at radius 1 is 1.36 bits per heavy atom. The van der Waals surface area contributed by atoms with Crippen LogP contribution in [0.4, 0.5) is 5.82 Å². The van der Waals surface area contributed by atoms with Crippen molar-refractivity contribution in [3.8, 4) is 0 Å². The lowest BCUT2D eigenvalue weighted by molar-refractivity contribution is 0.689. The summed E-state index contributed by atoms with van der Waals surface area (Å²) in [6.07, 6.45) is 5.14. The third-order valence-corrected chi connectivity index (χ3v) is 2.78. The highest BCUT2D eigenvalue weighted by molar-refractivity contribution is 5.35. The summed E-state index contributed by atoms with van der Waals surface area (Å²) in [4.78, 5) is 8.63. The van der Waals surface area contributed by atoms with Crippen LogP contribution < -0.4 is 11.3 Å². The molecule has 0 bridgehead atoms. The largest absolute Gasteiger partial charge is 0.308 e. The molecule has 0 saturated heterocycles. The van der Waals surface area contributed by atoms with Crippen molar-refractivity contribution >= 4 is 5.82 Å². The zero-order chi connectivity index (χ0) is 9.97. The molecule has 1 aliphatic carbocycles. The fourth-order valence-electron chi connectivity index (χ4n) is 2.10. The molecule has 2 rings (SSSR count). The quantitative estimate of drug-likeness (QED) is 0.553. The second-order valence-corrected chi connectivity index (χ2v) is 3.85. The van der Waals surface area contributed by atoms with Crippen molar-refractivity contribution in [2.24, 2.45) is 5.84 Å². The van der Waals surface area contributed by atoms with Crippen LogP contribution >= 0.6 is 0 Å². The first-order valence-corrected chi connectivity index (χ1v) is 5.12. The molecule has 1 aromatic heterocycles. The van der Waals surface area contributed by atoms with Crippen molar-refractivity contribution in [3.63, 3.8) is 0 Å². The summed E-state index contributed by atoms with van der Waals surface area (Å²) >= 11 is 0. The van der Waals surface area contributed by atoms with E-state index in [9.17, 15) is 0 Å². The van der Waals surface area contributed by atoms with E-state index < -0.39 is 0 Å². The smallest absolute Gasteiger partial charge is 0.143 e. The Morgan fingerprint density at radius 2 is 2.07 bits per heavy atom. The zero-order valence-corrected chi connectivity index (χ0v) is 8.45. The number of rotatable bonds is 2. The predicted molar refractivity (Wildman–Crippen MR) is 55.8 cm³/mol. The Kier molecular flexibility index (Phi) is 2.63. The van der Waals surface area contributed by atoms with Gasteiger partial charge in [-0.05, 0) is 19.8 Å². The molecule has 0 atom stereocenters. The number of nitrogens with two attached hydrogens (primary N) is 1.